The summed E-state index contributed by atoms with van der Waals surface area (Å²) in [5.41, 5.74) is 1.96. The number of piperazine rings is 1. The number of ether oxygens (including phenoxy) is 2. The molecule has 0 spiro atoms. The molecule has 2 atom stereocenters. The van der Waals surface area contributed by atoms with Gasteiger partial charge < -0.3 is 19.7 Å². The number of urea groups is 2. The Bertz CT molecular complexity index is 1140. The molecule has 204 valence electrons. The second kappa shape index (κ2) is 12.1. The van der Waals surface area contributed by atoms with E-state index in [4.69, 9.17) is 9.47 Å². The first-order valence-electron chi connectivity index (χ1n) is 13.1. The van der Waals surface area contributed by atoms with Crippen LogP contribution in [0.15, 0.2) is 48.5 Å². The zero-order valence-electron chi connectivity index (χ0n) is 22.6. The maximum absolute atomic E-state index is 13.6. The highest BCUT2D eigenvalue weighted by Gasteiger charge is 2.53. The van der Waals surface area contributed by atoms with Gasteiger partial charge >= 0.3 is 12.1 Å². The molecule has 0 unspecified atom stereocenters. The summed E-state index contributed by atoms with van der Waals surface area (Å²) in [6.45, 7) is 3.09. The minimum absolute atomic E-state index is 0.0801. The lowest BCUT2D eigenvalue weighted by molar-refractivity contribution is -0.145. The van der Waals surface area contributed by atoms with Crippen molar-refractivity contribution in [2.75, 3.05) is 34.4 Å². The predicted molar refractivity (Wildman–Crippen MR) is 142 cm³/mol. The van der Waals surface area contributed by atoms with Gasteiger partial charge in [0.25, 0.3) is 0 Å². The molecule has 2 saturated heterocycles. The van der Waals surface area contributed by atoms with Gasteiger partial charge in [0.15, 0.2) is 11.5 Å². The van der Waals surface area contributed by atoms with Crippen molar-refractivity contribution in [3.8, 4) is 11.5 Å². The molecule has 2 aliphatic rings. The summed E-state index contributed by atoms with van der Waals surface area (Å²) in [6, 6.07) is 14.0. The van der Waals surface area contributed by atoms with E-state index in [2.05, 4.69) is 12.2 Å². The van der Waals surface area contributed by atoms with E-state index in [1.54, 1.807) is 31.1 Å². The van der Waals surface area contributed by atoms with Crippen LogP contribution in [0.2, 0.25) is 0 Å². The van der Waals surface area contributed by atoms with Crippen molar-refractivity contribution in [3.05, 3.63) is 59.7 Å². The van der Waals surface area contributed by atoms with Gasteiger partial charge in [-0.1, -0.05) is 56.2 Å². The fourth-order valence-corrected chi connectivity index (χ4v) is 5.12. The molecule has 38 heavy (non-hydrogen) atoms. The van der Waals surface area contributed by atoms with Crippen LogP contribution in [0, 0.1) is 0 Å². The topological polar surface area (TPSA) is 94.7 Å². The summed E-state index contributed by atoms with van der Waals surface area (Å²) < 4.78 is 10.7. The van der Waals surface area contributed by atoms with Crippen LogP contribution in [-0.4, -0.2) is 84.4 Å². The van der Waals surface area contributed by atoms with E-state index in [1.165, 1.54) is 10.0 Å². The fraction of sp³-hybridized carbons (Fsp3) is 0.464. The van der Waals surface area contributed by atoms with Crippen molar-refractivity contribution in [3.63, 3.8) is 0 Å². The van der Waals surface area contributed by atoms with Crippen molar-refractivity contribution in [1.82, 2.24) is 25.1 Å². The molecule has 2 heterocycles. The van der Waals surface area contributed by atoms with Crippen LogP contribution in [0.25, 0.3) is 0 Å². The molecule has 1 N–H and O–H groups in total. The minimum Gasteiger partial charge on any atom is -0.493 e. The molecule has 5 amide bonds. The van der Waals surface area contributed by atoms with Crippen molar-refractivity contribution >= 4 is 18.0 Å². The number of hydrazine groups is 1. The third-order valence-corrected chi connectivity index (χ3v) is 7.18. The first-order chi connectivity index (χ1) is 18.4. The van der Waals surface area contributed by atoms with Crippen LogP contribution in [0.3, 0.4) is 0 Å². The highest BCUT2D eigenvalue weighted by molar-refractivity contribution is 5.91. The normalized spacial score (nSPS) is 19.1. The number of hydrogen-bond acceptors (Lipinski definition) is 5. The third kappa shape index (κ3) is 5.49. The molecular formula is C28H37N5O5. The Kier molecular flexibility index (Phi) is 8.60. The summed E-state index contributed by atoms with van der Waals surface area (Å²) in [5.74, 6) is 1.19. The number of benzene rings is 2. The number of methoxy groups -OCH3 is 2. The predicted octanol–water partition coefficient (Wildman–Crippen LogP) is 3.47. The van der Waals surface area contributed by atoms with Crippen LogP contribution in [0.1, 0.15) is 37.3 Å². The van der Waals surface area contributed by atoms with E-state index in [0.29, 0.717) is 37.4 Å². The lowest BCUT2D eigenvalue weighted by atomic mass is 10.0. The van der Waals surface area contributed by atoms with E-state index in [-0.39, 0.29) is 24.5 Å². The molecule has 2 fully saturated rings. The second-order valence-corrected chi connectivity index (χ2v) is 9.56. The molecule has 0 aliphatic carbocycles. The SMILES string of the molecule is CCCC[C@H]1C(=O)N(CCc2ccc(OC)c(OC)c2)C[C@H]2N1C(=O)N(C)N2C(=O)NCc1ccccc1. The molecule has 2 aromatic carbocycles. The maximum Gasteiger partial charge on any atom is 0.341 e. The fourth-order valence-electron chi connectivity index (χ4n) is 5.12. The average molecular weight is 524 g/mol. The number of hydrogen-bond donors (Lipinski definition) is 1. The summed E-state index contributed by atoms with van der Waals surface area (Å²) in [4.78, 5) is 43.6. The van der Waals surface area contributed by atoms with Gasteiger partial charge in [0, 0.05) is 20.1 Å². The van der Waals surface area contributed by atoms with Crippen molar-refractivity contribution in [1.29, 1.82) is 0 Å². The quantitative estimate of drug-likeness (QED) is 0.515. The van der Waals surface area contributed by atoms with Gasteiger partial charge in [-0.2, -0.15) is 0 Å². The Labute approximate surface area is 224 Å². The molecule has 2 aromatic rings. The molecule has 0 saturated carbocycles. The summed E-state index contributed by atoms with van der Waals surface area (Å²) >= 11 is 0. The molecule has 0 aromatic heterocycles. The van der Waals surface area contributed by atoms with Crippen LogP contribution in [0.5, 0.6) is 11.5 Å². The Morgan fingerprint density at radius 1 is 1.03 bits per heavy atom. The van der Waals surface area contributed by atoms with Crippen LogP contribution in [-0.2, 0) is 17.8 Å². The Morgan fingerprint density at radius 3 is 2.45 bits per heavy atom. The van der Waals surface area contributed by atoms with Crippen LogP contribution in [0.4, 0.5) is 9.59 Å². The Balaban J connectivity index is 1.53. The zero-order chi connectivity index (χ0) is 27.2. The molecule has 0 bridgehead atoms. The number of fused-ring (bicyclic) bond motifs is 1. The monoisotopic (exact) mass is 523 g/mol. The average Bonchev–Trinajstić information content (AvgIpc) is 3.19. The molecule has 0 radical (unpaired) electrons. The number of rotatable bonds is 10. The van der Waals surface area contributed by atoms with E-state index in [1.807, 2.05) is 48.5 Å². The summed E-state index contributed by atoms with van der Waals surface area (Å²) in [5, 5.41) is 5.70. The number of carbonyl (C=O) groups is 3. The summed E-state index contributed by atoms with van der Waals surface area (Å²) in [7, 11) is 4.76. The number of amides is 5. The minimum atomic E-state index is -0.610. The van der Waals surface area contributed by atoms with Crippen LogP contribution < -0.4 is 14.8 Å². The van der Waals surface area contributed by atoms with E-state index in [0.717, 1.165) is 24.0 Å². The van der Waals surface area contributed by atoms with E-state index < -0.39 is 12.2 Å². The Hall–Kier alpha value is -3.95. The second-order valence-electron chi connectivity index (χ2n) is 9.56. The first kappa shape index (κ1) is 27.1. The third-order valence-electron chi connectivity index (χ3n) is 7.18. The number of nitrogens with one attached hydrogen (secondary N) is 1. The van der Waals surface area contributed by atoms with Crippen LogP contribution >= 0.6 is 0 Å². The zero-order valence-corrected chi connectivity index (χ0v) is 22.6. The lowest BCUT2D eigenvalue weighted by Crippen LogP contribution is -2.64. The molecule has 10 heteroatoms. The van der Waals surface area contributed by atoms with Gasteiger partial charge in [0.05, 0.1) is 20.8 Å². The Morgan fingerprint density at radius 2 is 1.76 bits per heavy atom. The van der Waals surface area contributed by atoms with Gasteiger partial charge in [0.2, 0.25) is 5.91 Å². The molecule has 4 rings (SSSR count). The van der Waals surface area contributed by atoms with Gasteiger partial charge in [0.1, 0.15) is 12.2 Å². The molecular weight excluding hydrogens is 486 g/mol. The standard InChI is InChI=1S/C28H37N5O5/c1-5-6-12-22-26(34)31(16-15-20-13-14-23(37-3)24(17-20)38-4)19-25-32(22)28(36)30(2)33(25)27(35)29-18-21-10-8-7-9-11-21/h7-11,13-14,17,22,25H,5-6,12,15-16,18-19H2,1-4H3,(H,29,35)/t22-,25-/m0/s1. The van der Waals surface area contributed by atoms with Gasteiger partial charge in [-0.3, -0.25) is 9.69 Å². The number of unbranched alkanes of at least 4 members (excludes halogenated alkanes) is 1. The van der Waals surface area contributed by atoms with Crippen molar-refractivity contribution < 1.29 is 23.9 Å². The summed E-state index contributed by atoms with van der Waals surface area (Å²) in [6.07, 6.45) is 2.29. The van der Waals surface area contributed by atoms with E-state index in [9.17, 15) is 14.4 Å². The lowest BCUT2D eigenvalue weighted by Gasteiger charge is -2.43. The maximum atomic E-state index is 13.6. The highest BCUT2D eigenvalue weighted by atomic mass is 16.5. The number of nitrogens with zero attached hydrogens (tertiary/aromatic N) is 4. The van der Waals surface area contributed by atoms with Gasteiger partial charge in [-0.15, -0.1) is 0 Å². The largest absolute Gasteiger partial charge is 0.493 e. The molecule has 2 aliphatic heterocycles. The first-order valence-corrected chi connectivity index (χ1v) is 13.1. The molecule has 10 nitrogen and oxygen atoms in total. The van der Waals surface area contributed by atoms with Crippen molar-refractivity contribution in [2.24, 2.45) is 0 Å². The van der Waals surface area contributed by atoms with Gasteiger partial charge in [-0.05, 0) is 36.1 Å². The number of carbonyl (C=O) groups excluding carboxylic acids is 3. The highest BCUT2D eigenvalue weighted by Crippen LogP contribution is 2.32. The van der Waals surface area contributed by atoms with Crippen molar-refractivity contribution in [2.45, 2.75) is 51.4 Å². The van der Waals surface area contributed by atoms with E-state index >= 15 is 0 Å². The smallest absolute Gasteiger partial charge is 0.341 e. The van der Waals surface area contributed by atoms with Gasteiger partial charge in [-0.25, -0.2) is 19.6 Å².